The van der Waals surface area contributed by atoms with Crippen molar-refractivity contribution in [2.24, 2.45) is 0 Å². The number of aromatic nitrogens is 1. The standard InChI is InChI=1S/C18H24N2O/c1-14-12-15(17-6-2-3-7-18(17)19-14)13-20(16-8-9-16)10-4-5-11-21/h2-3,6-7,12,16,21H,4-5,8-11,13H2,1H3. The first-order chi connectivity index (χ1) is 10.3. The molecule has 0 atom stereocenters. The molecule has 3 rings (SSSR count). The van der Waals surface area contributed by atoms with E-state index < -0.39 is 0 Å². The van der Waals surface area contributed by atoms with Gasteiger partial charge in [0.2, 0.25) is 0 Å². The average Bonchev–Trinajstić information content (AvgIpc) is 3.31. The van der Waals surface area contributed by atoms with E-state index in [0.29, 0.717) is 6.61 Å². The van der Waals surface area contributed by atoms with Crippen LogP contribution in [0.4, 0.5) is 0 Å². The molecule has 0 spiro atoms. The van der Waals surface area contributed by atoms with Crippen molar-refractivity contribution in [1.82, 2.24) is 9.88 Å². The van der Waals surface area contributed by atoms with E-state index in [1.54, 1.807) is 0 Å². The van der Waals surface area contributed by atoms with E-state index in [4.69, 9.17) is 5.11 Å². The fourth-order valence-corrected chi connectivity index (χ4v) is 3.00. The Morgan fingerprint density at radius 1 is 1.24 bits per heavy atom. The summed E-state index contributed by atoms with van der Waals surface area (Å²) in [5.41, 5.74) is 3.57. The lowest BCUT2D eigenvalue weighted by Crippen LogP contribution is -2.27. The quantitative estimate of drug-likeness (QED) is 0.793. The van der Waals surface area contributed by atoms with Gasteiger partial charge in [-0.2, -0.15) is 0 Å². The molecule has 3 nitrogen and oxygen atoms in total. The van der Waals surface area contributed by atoms with Crippen LogP contribution in [0.3, 0.4) is 0 Å². The monoisotopic (exact) mass is 284 g/mol. The Morgan fingerprint density at radius 2 is 2.05 bits per heavy atom. The van der Waals surface area contributed by atoms with Crippen LogP contribution >= 0.6 is 0 Å². The Kier molecular flexibility index (Phi) is 4.51. The van der Waals surface area contributed by atoms with Crippen molar-refractivity contribution in [3.05, 3.63) is 41.6 Å². The van der Waals surface area contributed by atoms with Crippen LogP contribution in [0.15, 0.2) is 30.3 Å². The third-order valence-electron chi connectivity index (χ3n) is 4.22. The van der Waals surface area contributed by atoms with Crippen molar-refractivity contribution in [2.45, 2.75) is 45.2 Å². The molecular formula is C18H24N2O. The maximum atomic E-state index is 8.97. The second kappa shape index (κ2) is 6.54. The van der Waals surface area contributed by atoms with Crippen LogP contribution in [-0.4, -0.2) is 34.2 Å². The van der Waals surface area contributed by atoms with Crippen molar-refractivity contribution in [3.63, 3.8) is 0 Å². The molecule has 0 saturated heterocycles. The molecule has 1 aliphatic carbocycles. The number of para-hydroxylation sites is 1. The molecule has 1 fully saturated rings. The predicted octanol–water partition coefficient (Wildman–Crippen LogP) is 3.28. The first-order valence-electron chi connectivity index (χ1n) is 7.98. The number of aryl methyl sites for hydroxylation is 1. The van der Waals surface area contributed by atoms with Gasteiger partial charge in [-0.25, -0.2) is 0 Å². The van der Waals surface area contributed by atoms with Gasteiger partial charge in [-0.1, -0.05) is 18.2 Å². The molecule has 2 aromatic rings. The van der Waals surface area contributed by atoms with E-state index in [1.807, 2.05) is 0 Å². The predicted molar refractivity (Wildman–Crippen MR) is 86.2 cm³/mol. The SMILES string of the molecule is Cc1cc(CN(CCCCO)C2CC2)c2ccccc2n1. The van der Waals surface area contributed by atoms with E-state index >= 15 is 0 Å². The Labute approximate surface area is 126 Å². The van der Waals surface area contributed by atoms with Gasteiger partial charge in [0.15, 0.2) is 0 Å². The van der Waals surface area contributed by atoms with E-state index in [1.165, 1.54) is 23.8 Å². The lowest BCUT2D eigenvalue weighted by molar-refractivity contribution is 0.229. The molecule has 1 N–H and O–H groups in total. The maximum absolute atomic E-state index is 8.97. The number of aliphatic hydroxyl groups excluding tert-OH is 1. The summed E-state index contributed by atoms with van der Waals surface area (Å²) in [4.78, 5) is 7.21. The summed E-state index contributed by atoms with van der Waals surface area (Å²) in [6, 6.07) is 11.4. The highest BCUT2D eigenvalue weighted by Crippen LogP contribution is 2.30. The summed E-state index contributed by atoms with van der Waals surface area (Å²) in [5, 5.41) is 10.2. The molecule has 1 aromatic carbocycles. The summed E-state index contributed by atoms with van der Waals surface area (Å²) in [7, 11) is 0. The number of unbranched alkanes of at least 4 members (excludes halogenated alkanes) is 1. The minimum Gasteiger partial charge on any atom is -0.396 e. The highest BCUT2D eigenvalue weighted by molar-refractivity contribution is 5.82. The van der Waals surface area contributed by atoms with Crippen molar-refractivity contribution in [3.8, 4) is 0 Å². The fourth-order valence-electron chi connectivity index (χ4n) is 3.00. The summed E-state index contributed by atoms with van der Waals surface area (Å²) >= 11 is 0. The van der Waals surface area contributed by atoms with Crippen molar-refractivity contribution in [1.29, 1.82) is 0 Å². The van der Waals surface area contributed by atoms with Gasteiger partial charge in [0.25, 0.3) is 0 Å². The Hall–Kier alpha value is -1.45. The van der Waals surface area contributed by atoms with Gasteiger partial charge in [-0.05, 0) is 56.8 Å². The highest BCUT2D eigenvalue weighted by atomic mass is 16.2. The number of pyridine rings is 1. The molecule has 0 amide bonds. The second-order valence-corrected chi connectivity index (χ2v) is 6.07. The largest absolute Gasteiger partial charge is 0.396 e. The molecule has 0 radical (unpaired) electrons. The van der Waals surface area contributed by atoms with Gasteiger partial charge in [-0.3, -0.25) is 9.88 Å². The zero-order chi connectivity index (χ0) is 14.7. The van der Waals surface area contributed by atoms with Crippen molar-refractivity contribution in [2.75, 3.05) is 13.2 Å². The molecule has 1 saturated carbocycles. The smallest absolute Gasteiger partial charge is 0.0708 e. The molecule has 0 bridgehead atoms. The molecular weight excluding hydrogens is 260 g/mol. The Bertz CT molecular complexity index is 607. The minimum atomic E-state index is 0.301. The lowest BCUT2D eigenvalue weighted by atomic mass is 10.1. The van der Waals surface area contributed by atoms with Crippen molar-refractivity contribution >= 4 is 10.9 Å². The number of hydrogen-bond acceptors (Lipinski definition) is 3. The fraction of sp³-hybridized carbons (Fsp3) is 0.500. The average molecular weight is 284 g/mol. The van der Waals surface area contributed by atoms with Crippen LogP contribution in [0.2, 0.25) is 0 Å². The molecule has 1 aliphatic rings. The zero-order valence-electron chi connectivity index (χ0n) is 12.8. The van der Waals surface area contributed by atoms with Gasteiger partial charge in [0, 0.05) is 30.3 Å². The topological polar surface area (TPSA) is 36.4 Å². The number of nitrogens with zero attached hydrogens (tertiary/aromatic N) is 2. The molecule has 21 heavy (non-hydrogen) atoms. The van der Waals surface area contributed by atoms with Crippen LogP contribution < -0.4 is 0 Å². The third-order valence-corrected chi connectivity index (χ3v) is 4.22. The number of benzene rings is 1. The van der Waals surface area contributed by atoms with E-state index in [2.05, 4.69) is 47.1 Å². The zero-order valence-corrected chi connectivity index (χ0v) is 12.8. The number of fused-ring (bicyclic) bond motifs is 1. The Balaban J connectivity index is 1.81. The van der Waals surface area contributed by atoms with Gasteiger partial charge < -0.3 is 5.11 Å². The third kappa shape index (κ3) is 3.60. The van der Waals surface area contributed by atoms with Gasteiger partial charge in [0.1, 0.15) is 0 Å². The number of rotatable bonds is 7. The summed E-state index contributed by atoms with van der Waals surface area (Å²) in [6.07, 6.45) is 4.62. The van der Waals surface area contributed by atoms with E-state index in [-0.39, 0.29) is 0 Å². The number of aliphatic hydroxyl groups is 1. The van der Waals surface area contributed by atoms with Crippen LogP contribution in [0, 0.1) is 6.92 Å². The van der Waals surface area contributed by atoms with Gasteiger partial charge in [-0.15, -0.1) is 0 Å². The van der Waals surface area contributed by atoms with Crippen LogP contribution in [0.5, 0.6) is 0 Å². The molecule has 112 valence electrons. The van der Waals surface area contributed by atoms with Crippen molar-refractivity contribution < 1.29 is 5.11 Å². The molecule has 0 aliphatic heterocycles. The first kappa shape index (κ1) is 14.5. The van der Waals surface area contributed by atoms with E-state index in [0.717, 1.165) is 43.2 Å². The van der Waals surface area contributed by atoms with Crippen LogP contribution in [0.25, 0.3) is 10.9 Å². The molecule has 0 unspecified atom stereocenters. The Morgan fingerprint density at radius 3 is 2.81 bits per heavy atom. The van der Waals surface area contributed by atoms with Gasteiger partial charge >= 0.3 is 0 Å². The van der Waals surface area contributed by atoms with Crippen LogP contribution in [-0.2, 0) is 6.54 Å². The highest BCUT2D eigenvalue weighted by Gasteiger charge is 2.28. The lowest BCUT2D eigenvalue weighted by Gasteiger charge is -2.23. The van der Waals surface area contributed by atoms with Gasteiger partial charge in [0.05, 0.1) is 5.52 Å². The number of hydrogen-bond donors (Lipinski definition) is 1. The van der Waals surface area contributed by atoms with Crippen LogP contribution in [0.1, 0.15) is 36.9 Å². The summed E-state index contributed by atoms with van der Waals surface area (Å²) in [6.45, 7) is 4.46. The second-order valence-electron chi connectivity index (χ2n) is 6.07. The van der Waals surface area contributed by atoms with E-state index in [9.17, 15) is 0 Å². The molecule has 1 aromatic heterocycles. The first-order valence-corrected chi connectivity index (χ1v) is 7.98. The normalized spacial score (nSPS) is 15.0. The summed E-state index contributed by atoms with van der Waals surface area (Å²) in [5.74, 6) is 0. The molecule has 3 heteroatoms. The minimum absolute atomic E-state index is 0.301. The summed E-state index contributed by atoms with van der Waals surface area (Å²) < 4.78 is 0. The molecule has 1 heterocycles. The maximum Gasteiger partial charge on any atom is 0.0708 e.